The van der Waals surface area contributed by atoms with Crippen LogP contribution in [0.2, 0.25) is 0 Å². The minimum atomic E-state index is -0.430. The molecule has 2 saturated carbocycles. The molecule has 3 nitrogen and oxygen atoms in total. The van der Waals surface area contributed by atoms with Gasteiger partial charge in [0.25, 0.3) is 0 Å². The van der Waals surface area contributed by atoms with Gasteiger partial charge in [-0.25, -0.2) is 0 Å². The molecule has 0 aromatic heterocycles. The normalized spacial score (nSPS) is 28.7. The van der Waals surface area contributed by atoms with Gasteiger partial charge in [0, 0.05) is 11.3 Å². The van der Waals surface area contributed by atoms with Crippen LogP contribution in [0.15, 0.2) is 36.4 Å². The SMILES string of the molecule is C=C1C(C)(C)[C@H]2CC[C@]1(C(=O)Nc1cccc(C(C)=O)c1)C2. The third kappa shape index (κ3) is 2.03. The Labute approximate surface area is 131 Å². The molecule has 2 atom stereocenters. The zero-order valence-corrected chi connectivity index (χ0v) is 13.5. The number of fused-ring (bicyclic) bond motifs is 2. The third-order valence-electron chi connectivity index (χ3n) is 5.85. The molecule has 0 heterocycles. The van der Waals surface area contributed by atoms with Gasteiger partial charge in [-0.1, -0.05) is 38.1 Å². The summed E-state index contributed by atoms with van der Waals surface area (Å²) < 4.78 is 0. The molecule has 1 amide bonds. The van der Waals surface area contributed by atoms with E-state index in [1.54, 1.807) is 18.2 Å². The molecular formula is C19H23NO2. The number of Topliss-reactive ketones (excluding diaryl/α,β-unsaturated/α-hetero) is 1. The Balaban J connectivity index is 1.85. The Kier molecular flexibility index (Phi) is 3.28. The van der Waals surface area contributed by atoms with Crippen LogP contribution in [0.25, 0.3) is 0 Å². The minimum absolute atomic E-state index is 0.00148. The summed E-state index contributed by atoms with van der Waals surface area (Å²) in [5, 5.41) is 3.01. The summed E-state index contributed by atoms with van der Waals surface area (Å²) in [7, 11) is 0. The fourth-order valence-corrected chi connectivity index (χ4v) is 4.21. The predicted molar refractivity (Wildman–Crippen MR) is 87.8 cm³/mol. The Morgan fingerprint density at radius 2 is 2.05 bits per heavy atom. The van der Waals surface area contributed by atoms with Gasteiger partial charge in [-0.2, -0.15) is 0 Å². The Bertz CT molecular complexity index is 674. The summed E-state index contributed by atoms with van der Waals surface area (Å²) in [6, 6.07) is 7.14. The molecule has 3 rings (SSSR count). The van der Waals surface area contributed by atoms with Crippen LogP contribution in [-0.2, 0) is 4.79 Å². The molecule has 2 fully saturated rings. The van der Waals surface area contributed by atoms with Gasteiger partial charge >= 0.3 is 0 Å². The van der Waals surface area contributed by atoms with Crippen molar-refractivity contribution in [3.8, 4) is 0 Å². The van der Waals surface area contributed by atoms with Crippen LogP contribution in [0.4, 0.5) is 5.69 Å². The van der Waals surface area contributed by atoms with Crippen molar-refractivity contribution in [2.24, 2.45) is 16.7 Å². The highest BCUT2D eigenvalue weighted by atomic mass is 16.2. The van der Waals surface area contributed by atoms with Gasteiger partial charge in [0.05, 0.1) is 5.41 Å². The number of anilines is 1. The van der Waals surface area contributed by atoms with E-state index in [2.05, 4.69) is 25.7 Å². The van der Waals surface area contributed by atoms with Crippen LogP contribution in [0, 0.1) is 16.7 Å². The Hall–Kier alpha value is -1.90. The van der Waals surface area contributed by atoms with Crippen molar-refractivity contribution in [3.05, 3.63) is 42.0 Å². The van der Waals surface area contributed by atoms with Crippen LogP contribution in [0.1, 0.15) is 50.4 Å². The van der Waals surface area contributed by atoms with Crippen LogP contribution in [0.3, 0.4) is 0 Å². The molecule has 0 radical (unpaired) electrons. The molecule has 1 N–H and O–H groups in total. The molecule has 0 saturated heterocycles. The number of hydrogen-bond acceptors (Lipinski definition) is 2. The van der Waals surface area contributed by atoms with Gasteiger partial charge in [0.15, 0.2) is 5.78 Å². The second-order valence-electron chi connectivity index (χ2n) is 7.31. The highest BCUT2D eigenvalue weighted by Crippen LogP contribution is 2.65. The molecule has 116 valence electrons. The first-order valence-electron chi connectivity index (χ1n) is 7.90. The van der Waals surface area contributed by atoms with Crippen LogP contribution < -0.4 is 5.32 Å². The van der Waals surface area contributed by atoms with E-state index >= 15 is 0 Å². The zero-order valence-electron chi connectivity index (χ0n) is 13.5. The standard InChI is InChI=1S/C19H23NO2/c1-12(21)14-6-5-7-16(10-14)20-17(22)19-9-8-15(11-19)18(3,4)13(19)2/h5-7,10,15H,2,8-9,11H2,1,3-4H3,(H,20,22)/t15-,19-/m0/s1. The number of amides is 1. The zero-order chi connectivity index (χ0) is 16.1. The third-order valence-corrected chi connectivity index (χ3v) is 5.85. The smallest absolute Gasteiger partial charge is 0.234 e. The molecule has 1 aromatic carbocycles. The number of rotatable bonds is 3. The second kappa shape index (κ2) is 4.80. The maximum Gasteiger partial charge on any atom is 0.234 e. The number of nitrogens with one attached hydrogen (secondary N) is 1. The van der Waals surface area contributed by atoms with Gasteiger partial charge in [-0.05, 0) is 49.7 Å². The number of hydrogen-bond donors (Lipinski definition) is 1. The predicted octanol–water partition coefficient (Wildman–Crippen LogP) is 4.21. The molecule has 0 spiro atoms. The van der Waals surface area contributed by atoms with Gasteiger partial charge in [-0.3, -0.25) is 9.59 Å². The van der Waals surface area contributed by atoms with Gasteiger partial charge in [-0.15, -0.1) is 0 Å². The van der Waals surface area contributed by atoms with E-state index in [1.807, 2.05) is 6.07 Å². The summed E-state index contributed by atoms with van der Waals surface area (Å²) in [6.45, 7) is 10.2. The van der Waals surface area contributed by atoms with Gasteiger partial charge in [0.2, 0.25) is 5.91 Å². The molecule has 0 aliphatic heterocycles. The van der Waals surface area contributed by atoms with Crippen molar-refractivity contribution in [2.75, 3.05) is 5.32 Å². The van der Waals surface area contributed by atoms with E-state index < -0.39 is 5.41 Å². The number of ketones is 1. The van der Waals surface area contributed by atoms with Crippen molar-refractivity contribution in [1.29, 1.82) is 0 Å². The quantitative estimate of drug-likeness (QED) is 0.671. The molecule has 2 bridgehead atoms. The van der Waals surface area contributed by atoms with Crippen LogP contribution in [-0.4, -0.2) is 11.7 Å². The lowest BCUT2D eigenvalue weighted by Gasteiger charge is -2.37. The van der Waals surface area contributed by atoms with E-state index in [4.69, 9.17) is 0 Å². The van der Waals surface area contributed by atoms with Crippen molar-refractivity contribution in [1.82, 2.24) is 0 Å². The van der Waals surface area contributed by atoms with E-state index in [0.29, 0.717) is 17.2 Å². The number of carbonyl (C=O) groups excluding carboxylic acids is 2. The lowest BCUT2D eigenvalue weighted by molar-refractivity contribution is -0.123. The molecule has 0 unspecified atom stereocenters. The largest absolute Gasteiger partial charge is 0.325 e. The van der Waals surface area contributed by atoms with Crippen molar-refractivity contribution < 1.29 is 9.59 Å². The summed E-state index contributed by atoms with van der Waals surface area (Å²) in [5.74, 6) is 0.585. The number of benzene rings is 1. The summed E-state index contributed by atoms with van der Waals surface area (Å²) in [5.41, 5.74) is 1.98. The topological polar surface area (TPSA) is 46.2 Å². The lowest BCUT2D eigenvalue weighted by Crippen LogP contribution is -2.37. The highest BCUT2D eigenvalue weighted by molar-refractivity contribution is 6.00. The molecule has 1 aromatic rings. The Morgan fingerprint density at radius 3 is 2.64 bits per heavy atom. The summed E-state index contributed by atoms with van der Waals surface area (Å²) >= 11 is 0. The molecule has 2 aliphatic rings. The summed E-state index contributed by atoms with van der Waals surface area (Å²) in [4.78, 5) is 24.4. The molecule has 2 aliphatic carbocycles. The minimum Gasteiger partial charge on any atom is -0.325 e. The average Bonchev–Trinajstić information content (AvgIpc) is 2.99. The van der Waals surface area contributed by atoms with Crippen molar-refractivity contribution in [2.45, 2.75) is 40.0 Å². The summed E-state index contributed by atoms with van der Waals surface area (Å²) in [6.07, 6.45) is 2.88. The molecular weight excluding hydrogens is 274 g/mol. The van der Waals surface area contributed by atoms with E-state index in [1.165, 1.54) is 6.92 Å². The van der Waals surface area contributed by atoms with E-state index in [9.17, 15) is 9.59 Å². The maximum absolute atomic E-state index is 12.9. The van der Waals surface area contributed by atoms with Gasteiger partial charge < -0.3 is 5.32 Å². The molecule has 22 heavy (non-hydrogen) atoms. The van der Waals surface area contributed by atoms with E-state index in [-0.39, 0.29) is 17.1 Å². The first-order valence-corrected chi connectivity index (χ1v) is 7.90. The number of carbonyl (C=O) groups is 2. The fraction of sp³-hybridized carbons (Fsp3) is 0.474. The first-order chi connectivity index (χ1) is 10.3. The average molecular weight is 297 g/mol. The van der Waals surface area contributed by atoms with Crippen molar-refractivity contribution in [3.63, 3.8) is 0 Å². The van der Waals surface area contributed by atoms with Gasteiger partial charge in [0.1, 0.15) is 0 Å². The Morgan fingerprint density at radius 1 is 1.32 bits per heavy atom. The van der Waals surface area contributed by atoms with Crippen LogP contribution >= 0.6 is 0 Å². The lowest BCUT2D eigenvalue weighted by atomic mass is 9.68. The van der Waals surface area contributed by atoms with Crippen molar-refractivity contribution >= 4 is 17.4 Å². The monoisotopic (exact) mass is 297 g/mol. The highest BCUT2D eigenvalue weighted by Gasteiger charge is 2.60. The van der Waals surface area contributed by atoms with E-state index in [0.717, 1.165) is 24.8 Å². The van der Waals surface area contributed by atoms with Crippen LogP contribution in [0.5, 0.6) is 0 Å². The molecule has 3 heteroatoms. The second-order valence-corrected chi connectivity index (χ2v) is 7.31. The maximum atomic E-state index is 12.9. The fourth-order valence-electron chi connectivity index (χ4n) is 4.21. The first kappa shape index (κ1) is 15.0.